The van der Waals surface area contributed by atoms with Crippen molar-refractivity contribution in [2.24, 2.45) is 16.1 Å². The van der Waals surface area contributed by atoms with E-state index in [1.165, 1.54) is 25.5 Å². The third-order valence-electron chi connectivity index (χ3n) is 6.64. The van der Waals surface area contributed by atoms with Crippen molar-refractivity contribution < 1.29 is 0 Å². The van der Waals surface area contributed by atoms with Gasteiger partial charge in [0.2, 0.25) is 5.95 Å². The molecule has 1 saturated carbocycles. The highest BCUT2D eigenvalue weighted by molar-refractivity contribution is 5.88. The van der Waals surface area contributed by atoms with Crippen molar-refractivity contribution in [3.63, 3.8) is 0 Å². The van der Waals surface area contributed by atoms with E-state index in [0.717, 1.165) is 54.4 Å². The first-order valence-electron chi connectivity index (χ1n) is 10.2. The van der Waals surface area contributed by atoms with Crippen molar-refractivity contribution in [2.45, 2.75) is 52.0 Å². The molecule has 1 atom stereocenters. The quantitative estimate of drug-likeness (QED) is 0.823. The van der Waals surface area contributed by atoms with Crippen LogP contribution in [0.5, 0.6) is 0 Å². The molecule has 2 aromatic rings. The number of hydrogen-bond donors (Lipinski definition) is 1. The molecule has 2 aliphatic rings. The first kappa shape index (κ1) is 18.9. The number of allylic oxidation sites excluding steroid dienone is 2. The Morgan fingerprint density at radius 2 is 2.14 bits per heavy atom. The highest BCUT2D eigenvalue weighted by atomic mass is 15.3. The van der Waals surface area contributed by atoms with Crippen LogP contribution in [-0.2, 0) is 0 Å². The van der Waals surface area contributed by atoms with Crippen molar-refractivity contribution in [3.05, 3.63) is 42.5 Å². The van der Waals surface area contributed by atoms with Gasteiger partial charge in [-0.25, -0.2) is 9.97 Å². The van der Waals surface area contributed by atoms with Gasteiger partial charge in [-0.2, -0.15) is 0 Å². The zero-order chi connectivity index (χ0) is 19.7. The second-order valence-electron chi connectivity index (χ2n) is 8.17. The summed E-state index contributed by atoms with van der Waals surface area (Å²) < 4.78 is 2.12. The number of aryl methyl sites for hydroxylation is 1. The van der Waals surface area contributed by atoms with Crippen LogP contribution in [0.2, 0.25) is 0 Å². The van der Waals surface area contributed by atoms with E-state index in [0.29, 0.717) is 11.5 Å². The summed E-state index contributed by atoms with van der Waals surface area (Å²) in [5.41, 5.74) is 10.9. The minimum absolute atomic E-state index is 0.351. The lowest BCUT2D eigenvalue weighted by Gasteiger charge is -2.42. The lowest BCUT2D eigenvalue weighted by molar-refractivity contribution is 0.197. The summed E-state index contributed by atoms with van der Waals surface area (Å²) in [6, 6.07) is 0.366. The van der Waals surface area contributed by atoms with Crippen LogP contribution in [0.25, 0.3) is 11.2 Å². The summed E-state index contributed by atoms with van der Waals surface area (Å²) in [6.45, 7) is 9.76. The Kier molecular flexibility index (Phi) is 5.06. The van der Waals surface area contributed by atoms with E-state index < -0.39 is 0 Å². The Morgan fingerprint density at radius 3 is 2.82 bits per heavy atom. The van der Waals surface area contributed by atoms with E-state index in [1.54, 1.807) is 6.21 Å². The van der Waals surface area contributed by atoms with E-state index in [1.807, 2.05) is 18.5 Å². The van der Waals surface area contributed by atoms with Gasteiger partial charge in [0.1, 0.15) is 5.65 Å². The minimum atomic E-state index is 0.351. The van der Waals surface area contributed by atoms with Gasteiger partial charge in [-0.3, -0.25) is 9.39 Å². The van der Waals surface area contributed by atoms with Crippen molar-refractivity contribution in [1.29, 1.82) is 0 Å². The number of nitrogens with two attached hydrogens (primary N) is 1. The molecule has 6 nitrogen and oxygen atoms in total. The SMILES string of the molecule is C=CN=C/C=C(\C)c1c(C)nc(N2CCC3(CCC[C@H]3N)CC2)n2ccnc12. The number of piperidine rings is 1. The summed E-state index contributed by atoms with van der Waals surface area (Å²) >= 11 is 0. The molecule has 1 saturated heterocycles. The Bertz CT molecular complexity index is 930. The number of fused-ring (bicyclic) bond motifs is 1. The van der Waals surface area contributed by atoms with Gasteiger partial charge in [0.05, 0.1) is 5.69 Å². The molecule has 148 valence electrons. The fourth-order valence-corrected chi connectivity index (χ4v) is 4.99. The Hall–Kier alpha value is -2.47. The van der Waals surface area contributed by atoms with Gasteiger partial charge in [-0.15, -0.1) is 0 Å². The smallest absolute Gasteiger partial charge is 0.211 e. The van der Waals surface area contributed by atoms with Gasteiger partial charge in [0.15, 0.2) is 0 Å². The zero-order valence-electron chi connectivity index (χ0n) is 16.9. The summed E-state index contributed by atoms with van der Waals surface area (Å²) in [5, 5.41) is 0. The first-order chi connectivity index (χ1) is 13.6. The Morgan fingerprint density at radius 1 is 1.36 bits per heavy atom. The lowest BCUT2D eigenvalue weighted by atomic mass is 9.74. The van der Waals surface area contributed by atoms with E-state index >= 15 is 0 Å². The molecule has 0 unspecified atom stereocenters. The van der Waals surface area contributed by atoms with Crippen LogP contribution in [-0.4, -0.2) is 39.7 Å². The number of nitrogens with zero attached hydrogens (tertiary/aromatic N) is 5. The van der Waals surface area contributed by atoms with E-state index in [4.69, 9.17) is 10.7 Å². The molecular formula is C22H30N6. The van der Waals surface area contributed by atoms with Gasteiger partial charge in [0.25, 0.3) is 0 Å². The van der Waals surface area contributed by atoms with Crippen LogP contribution in [0.1, 0.15) is 50.3 Å². The predicted molar refractivity (Wildman–Crippen MR) is 116 cm³/mol. The monoisotopic (exact) mass is 378 g/mol. The molecule has 1 aliphatic carbocycles. The number of rotatable bonds is 4. The number of aliphatic imine (C=N–C) groups is 1. The third kappa shape index (κ3) is 3.15. The topological polar surface area (TPSA) is 71.8 Å². The molecule has 0 bridgehead atoms. The molecule has 0 amide bonds. The van der Waals surface area contributed by atoms with Crippen LogP contribution in [0.15, 0.2) is 36.2 Å². The number of aromatic nitrogens is 3. The first-order valence-corrected chi connectivity index (χ1v) is 10.2. The average Bonchev–Trinajstić information content (AvgIpc) is 3.30. The van der Waals surface area contributed by atoms with Crippen LogP contribution in [0.4, 0.5) is 5.95 Å². The standard InChI is InChI=1S/C22H30N6/c1-4-24-11-7-16(2)19-17(3)26-21(28-15-12-25-20(19)28)27-13-9-22(10-14-27)8-5-6-18(22)23/h4,7,11-12,15,18H,1,5-6,8-10,13-14,23H2,2-3H3/b16-7+,24-11?/t18-/m1/s1. The molecule has 0 aromatic carbocycles. The van der Waals surface area contributed by atoms with Crippen LogP contribution in [0, 0.1) is 12.3 Å². The average molecular weight is 379 g/mol. The molecule has 6 heteroatoms. The van der Waals surface area contributed by atoms with Gasteiger partial charge in [-0.1, -0.05) is 13.0 Å². The lowest BCUT2D eigenvalue weighted by Crippen LogP contribution is -2.47. The summed E-state index contributed by atoms with van der Waals surface area (Å²) in [6.07, 6.45) is 15.2. The molecule has 4 rings (SSSR count). The van der Waals surface area contributed by atoms with Crippen molar-refractivity contribution in [2.75, 3.05) is 18.0 Å². The number of anilines is 1. The molecular weight excluding hydrogens is 348 g/mol. The van der Waals surface area contributed by atoms with E-state index in [2.05, 4.69) is 39.7 Å². The van der Waals surface area contributed by atoms with Crippen LogP contribution >= 0.6 is 0 Å². The van der Waals surface area contributed by atoms with E-state index in [-0.39, 0.29) is 0 Å². The summed E-state index contributed by atoms with van der Waals surface area (Å²) in [4.78, 5) is 16.1. The van der Waals surface area contributed by atoms with Crippen LogP contribution < -0.4 is 10.6 Å². The molecule has 2 aromatic heterocycles. The molecule has 2 N–H and O–H groups in total. The molecule has 1 spiro atoms. The molecule has 1 aliphatic heterocycles. The van der Waals surface area contributed by atoms with Gasteiger partial charge < -0.3 is 10.6 Å². The maximum atomic E-state index is 6.46. The van der Waals surface area contributed by atoms with E-state index in [9.17, 15) is 0 Å². The molecule has 3 heterocycles. The largest absolute Gasteiger partial charge is 0.342 e. The second-order valence-corrected chi connectivity index (χ2v) is 8.17. The maximum Gasteiger partial charge on any atom is 0.211 e. The third-order valence-corrected chi connectivity index (χ3v) is 6.64. The highest BCUT2D eigenvalue weighted by Crippen LogP contribution is 2.46. The molecule has 2 fully saturated rings. The molecule has 28 heavy (non-hydrogen) atoms. The fraction of sp³-hybridized carbons (Fsp3) is 0.500. The number of hydrogen-bond acceptors (Lipinski definition) is 5. The Labute approximate surface area is 166 Å². The van der Waals surface area contributed by atoms with Gasteiger partial charge >= 0.3 is 0 Å². The van der Waals surface area contributed by atoms with Gasteiger partial charge in [0, 0.05) is 49.5 Å². The predicted octanol–water partition coefficient (Wildman–Crippen LogP) is 3.75. The summed E-state index contributed by atoms with van der Waals surface area (Å²) in [7, 11) is 0. The second kappa shape index (κ2) is 7.51. The highest BCUT2D eigenvalue weighted by Gasteiger charge is 2.43. The van der Waals surface area contributed by atoms with Crippen molar-refractivity contribution >= 4 is 23.4 Å². The van der Waals surface area contributed by atoms with Gasteiger partial charge in [-0.05, 0) is 56.6 Å². The zero-order valence-corrected chi connectivity index (χ0v) is 16.9. The Balaban J connectivity index is 1.66. The van der Waals surface area contributed by atoms with Crippen molar-refractivity contribution in [1.82, 2.24) is 14.4 Å². The summed E-state index contributed by atoms with van der Waals surface area (Å²) in [5.74, 6) is 0.989. The minimum Gasteiger partial charge on any atom is -0.342 e. The number of imidazole rings is 1. The fourth-order valence-electron chi connectivity index (χ4n) is 4.99. The van der Waals surface area contributed by atoms with Crippen LogP contribution in [0.3, 0.4) is 0 Å². The normalized spacial score (nSPS) is 22.6. The molecule has 0 radical (unpaired) electrons. The maximum absolute atomic E-state index is 6.46. The van der Waals surface area contributed by atoms with Crippen molar-refractivity contribution in [3.8, 4) is 0 Å².